The Hall–Kier alpha value is -2.77. The Morgan fingerprint density at radius 3 is 2.65 bits per heavy atom. The van der Waals surface area contributed by atoms with Gasteiger partial charge in [0.2, 0.25) is 5.91 Å². The van der Waals surface area contributed by atoms with E-state index < -0.39 is 0 Å². The van der Waals surface area contributed by atoms with Crippen LogP contribution in [0.25, 0.3) is 10.2 Å². The summed E-state index contributed by atoms with van der Waals surface area (Å²) in [5.41, 5.74) is 2.94. The number of nitrogens with zero attached hydrogens (tertiary/aromatic N) is 4. The normalized spacial score (nSPS) is 10.8. The van der Waals surface area contributed by atoms with Gasteiger partial charge in [0.1, 0.15) is 5.82 Å². The molecule has 0 spiro atoms. The maximum atomic E-state index is 13.2. The molecule has 2 aromatic heterocycles. The van der Waals surface area contributed by atoms with E-state index in [1.807, 2.05) is 16.8 Å². The first kappa shape index (κ1) is 22.9. The van der Waals surface area contributed by atoms with Crippen molar-refractivity contribution in [2.75, 3.05) is 11.4 Å². The molecule has 0 saturated heterocycles. The summed E-state index contributed by atoms with van der Waals surface area (Å²) in [4.78, 5) is 23.7. The molecule has 0 aliphatic rings. The zero-order valence-corrected chi connectivity index (χ0v) is 18.8. The fourth-order valence-electron chi connectivity index (χ4n) is 3.32. The molecule has 0 N–H and O–H groups in total. The summed E-state index contributed by atoms with van der Waals surface area (Å²) in [7, 11) is 0. The van der Waals surface area contributed by atoms with Gasteiger partial charge in [-0.2, -0.15) is 0 Å². The van der Waals surface area contributed by atoms with Crippen LogP contribution in [-0.4, -0.2) is 27.0 Å². The molecule has 5 nitrogen and oxygen atoms in total. The highest BCUT2D eigenvalue weighted by Crippen LogP contribution is 2.30. The summed E-state index contributed by atoms with van der Waals surface area (Å²) >= 11 is 1.54. The molecule has 0 unspecified atom stereocenters. The largest absolute Gasteiger partial charge is 0.337 e. The molecule has 2 heterocycles. The Balaban J connectivity index is 0.00000272. The van der Waals surface area contributed by atoms with E-state index in [2.05, 4.69) is 24.0 Å². The maximum absolute atomic E-state index is 13.2. The molecule has 0 aliphatic carbocycles. The number of carbonyl (C=O) groups is 1. The molecular formula is C23H24ClFN4OS. The Labute approximate surface area is 191 Å². The van der Waals surface area contributed by atoms with E-state index in [0.29, 0.717) is 11.7 Å². The number of anilines is 1. The van der Waals surface area contributed by atoms with Gasteiger partial charge >= 0.3 is 0 Å². The van der Waals surface area contributed by atoms with Crippen LogP contribution in [0.3, 0.4) is 0 Å². The summed E-state index contributed by atoms with van der Waals surface area (Å²) in [6, 6.07) is 12.3. The van der Waals surface area contributed by atoms with E-state index >= 15 is 0 Å². The smallest absolute Gasteiger partial charge is 0.233 e. The lowest BCUT2D eigenvalue weighted by Gasteiger charge is -2.20. The first-order chi connectivity index (χ1) is 14.6. The molecule has 31 heavy (non-hydrogen) atoms. The van der Waals surface area contributed by atoms with Crippen molar-refractivity contribution in [1.29, 1.82) is 0 Å². The predicted octanol–water partition coefficient (Wildman–Crippen LogP) is 5.28. The number of hydrogen-bond acceptors (Lipinski definition) is 4. The third kappa shape index (κ3) is 5.68. The third-order valence-corrected chi connectivity index (χ3v) is 6.05. The maximum Gasteiger partial charge on any atom is 0.233 e. The van der Waals surface area contributed by atoms with Gasteiger partial charge in [-0.1, -0.05) is 36.5 Å². The number of amides is 1. The van der Waals surface area contributed by atoms with Gasteiger partial charge in [-0.25, -0.2) is 14.4 Å². The van der Waals surface area contributed by atoms with E-state index in [1.165, 1.54) is 29.0 Å². The molecule has 4 rings (SSSR count). The third-order valence-electron chi connectivity index (χ3n) is 5.01. The van der Waals surface area contributed by atoms with E-state index in [1.54, 1.807) is 29.6 Å². The quantitative estimate of drug-likeness (QED) is 0.361. The van der Waals surface area contributed by atoms with Gasteiger partial charge in [-0.3, -0.25) is 9.69 Å². The van der Waals surface area contributed by atoms with Crippen molar-refractivity contribution in [3.63, 3.8) is 0 Å². The van der Waals surface area contributed by atoms with Gasteiger partial charge in [0, 0.05) is 25.5 Å². The van der Waals surface area contributed by atoms with Crippen molar-refractivity contribution >= 4 is 45.0 Å². The molecule has 1 amide bonds. The number of aryl methyl sites for hydroxylation is 2. The Kier molecular flexibility index (Phi) is 7.76. The van der Waals surface area contributed by atoms with Crippen LogP contribution in [0.15, 0.2) is 61.2 Å². The average molecular weight is 459 g/mol. The molecule has 0 fully saturated rings. The van der Waals surface area contributed by atoms with Gasteiger partial charge < -0.3 is 4.57 Å². The highest BCUT2D eigenvalue weighted by Gasteiger charge is 2.20. The summed E-state index contributed by atoms with van der Waals surface area (Å²) in [6.45, 7) is 3.45. The number of rotatable bonds is 8. The minimum atomic E-state index is -0.304. The number of halogens is 2. The Morgan fingerprint density at radius 1 is 1.16 bits per heavy atom. The first-order valence-electron chi connectivity index (χ1n) is 10.0. The fraction of sp³-hybridized carbons (Fsp3) is 0.261. The zero-order chi connectivity index (χ0) is 20.9. The lowest BCUT2D eigenvalue weighted by molar-refractivity contribution is -0.118. The zero-order valence-electron chi connectivity index (χ0n) is 17.2. The molecular weight excluding hydrogens is 435 g/mol. The highest BCUT2D eigenvalue weighted by atomic mass is 35.5. The van der Waals surface area contributed by atoms with E-state index in [4.69, 9.17) is 4.98 Å². The number of carbonyl (C=O) groups excluding carboxylic acids is 1. The molecule has 0 radical (unpaired) electrons. The van der Waals surface area contributed by atoms with Crippen LogP contribution in [0.2, 0.25) is 0 Å². The van der Waals surface area contributed by atoms with Crippen LogP contribution in [-0.2, 0) is 24.2 Å². The van der Waals surface area contributed by atoms with Crippen LogP contribution in [0, 0.1) is 5.82 Å². The number of fused-ring (bicyclic) bond motifs is 1. The molecule has 4 aromatic rings. The summed E-state index contributed by atoms with van der Waals surface area (Å²) in [5.74, 6) is -0.344. The van der Waals surface area contributed by atoms with Gasteiger partial charge in [-0.05, 0) is 48.2 Å². The molecule has 162 valence electrons. The van der Waals surface area contributed by atoms with Crippen LogP contribution >= 0.6 is 23.7 Å². The predicted molar refractivity (Wildman–Crippen MR) is 126 cm³/mol. The monoisotopic (exact) mass is 458 g/mol. The van der Waals surface area contributed by atoms with Gasteiger partial charge in [0.05, 0.1) is 23.0 Å². The fourth-order valence-corrected chi connectivity index (χ4v) is 4.39. The SMILES string of the molecule is CCc1ccc2nc(N(CCCn3ccnc3)C(=O)Cc3ccc(F)cc3)sc2c1.Cl. The summed E-state index contributed by atoms with van der Waals surface area (Å²) in [5, 5.41) is 0.705. The number of benzene rings is 2. The number of imidazole rings is 1. The second-order valence-corrected chi connectivity index (χ2v) is 8.16. The molecule has 0 bridgehead atoms. The molecule has 0 saturated carbocycles. The molecule has 8 heteroatoms. The van der Waals surface area contributed by atoms with Gasteiger partial charge in [-0.15, -0.1) is 12.4 Å². The summed E-state index contributed by atoms with van der Waals surface area (Å²) < 4.78 is 16.3. The Morgan fingerprint density at radius 2 is 1.94 bits per heavy atom. The highest BCUT2D eigenvalue weighted by molar-refractivity contribution is 7.22. The number of thiazole rings is 1. The minimum absolute atomic E-state index is 0. The van der Waals surface area contributed by atoms with Gasteiger partial charge in [0.15, 0.2) is 5.13 Å². The van der Waals surface area contributed by atoms with Crippen molar-refractivity contribution in [2.24, 2.45) is 0 Å². The van der Waals surface area contributed by atoms with Crippen LogP contribution in [0.4, 0.5) is 9.52 Å². The lowest BCUT2D eigenvalue weighted by Crippen LogP contribution is -2.33. The standard InChI is InChI=1S/C23H23FN4OS.ClH/c1-2-17-6-9-20-21(14-17)30-23(26-20)28(12-3-11-27-13-10-25-16-27)22(29)15-18-4-7-19(24)8-5-18;/h4-10,13-14,16H,2-3,11-12,15H2,1H3;1H. The van der Waals surface area contributed by atoms with Crippen molar-refractivity contribution < 1.29 is 9.18 Å². The van der Waals surface area contributed by atoms with Crippen molar-refractivity contribution in [3.05, 3.63) is 78.1 Å². The van der Waals surface area contributed by atoms with E-state index in [-0.39, 0.29) is 30.6 Å². The van der Waals surface area contributed by atoms with E-state index in [0.717, 1.165) is 35.2 Å². The van der Waals surface area contributed by atoms with Crippen molar-refractivity contribution in [3.8, 4) is 0 Å². The topological polar surface area (TPSA) is 51.0 Å². The average Bonchev–Trinajstić information content (AvgIpc) is 3.41. The summed E-state index contributed by atoms with van der Waals surface area (Å²) in [6.07, 6.45) is 7.38. The van der Waals surface area contributed by atoms with Crippen molar-refractivity contribution in [1.82, 2.24) is 14.5 Å². The molecule has 0 atom stereocenters. The van der Waals surface area contributed by atoms with Crippen LogP contribution in [0.5, 0.6) is 0 Å². The minimum Gasteiger partial charge on any atom is -0.337 e. The molecule has 2 aromatic carbocycles. The van der Waals surface area contributed by atoms with Crippen molar-refractivity contribution in [2.45, 2.75) is 32.7 Å². The lowest BCUT2D eigenvalue weighted by atomic mass is 10.1. The van der Waals surface area contributed by atoms with E-state index in [9.17, 15) is 9.18 Å². The van der Waals surface area contributed by atoms with Crippen LogP contribution in [0.1, 0.15) is 24.5 Å². The van der Waals surface area contributed by atoms with Crippen LogP contribution < -0.4 is 4.90 Å². The number of hydrogen-bond donors (Lipinski definition) is 0. The van der Waals surface area contributed by atoms with Gasteiger partial charge in [0.25, 0.3) is 0 Å². The Bertz CT molecular complexity index is 1130. The second-order valence-electron chi connectivity index (χ2n) is 7.15. The first-order valence-corrected chi connectivity index (χ1v) is 10.8. The molecule has 0 aliphatic heterocycles. The number of aromatic nitrogens is 3. The second kappa shape index (κ2) is 10.5.